The van der Waals surface area contributed by atoms with E-state index in [1.807, 2.05) is 65.2 Å². The molecule has 11 heteroatoms. The molecule has 0 radical (unpaired) electrons. The normalized spacial score (nSPS) is 14.0. The van der Waals surface area contributed by atoms with Gasteiger partial charge in [0.1, 0.15) is 23.4 Å². The van der Waals surface area contributed by atoms with Crippen molar-refractivity contribution in [1.29, 1.82) is 0 Å². The van der Waals surface area contributed by atoms with Crippen molar-refractivity contribution in [2.75, 3.05) is 32.8 Å². The second-order valence-electron chi connectivity index (χ2n) is 9.72. The average Bonchev–Trinajstić information content (AvgIpc) is 3.36. The van der Waals surface area contributed by atoms with Crippen LogP contribution in [0, 0.1) is 0 Å². The lowest BCUT2D eigenvalue weighted by molar-refractivity contribution is -0.121. The monoisotopic (exact) mass is 555 g/mol. The molecule has 0 spiro atoms. The zero-order valence-electron chi connectivity index (χ0n) is 22.6. The maximum atomic E-state index is 13.2. The highest BCUT2D eigenvalue weighted by Gasteiger charge is 2.26. The van der Waals surface area contributed by atoms with Gasteiger partial charge < -0.3 is 36.1 Å². The van der Waals surface area contributed by atoms with Crippen LogP contribution in [0.15, 0.2) is 77.8 Å². The summed E-state index contributed by atoms with van der Waals surface area (Å²) in [6.07, 6.45) is 0.911. The molecule has 1 fully saturated rings. The number of carbonyl (C=O) groups is 2. The summed E-state index contributed by atoms with van der Waals surface area (Å²) in [7, 11) is 0. The molecule has 212 valence electrons. The first kappa shape index (κ1) is 27.7. The van der Waals surface area contributed by atoms with Crippen molar-refractivity contribution in [2.45, 2.75) is 18.9 Å². The molecule has 1 aliphatic rings. The molecular formula is C30H33N7O4. The zero-order chi connectivity index (χ0) is 28.8. The Morgan fingerprint density at radius 1 is 0.951 bits per heavy atom. The Hall–Kier alpha value is -4.90. The SMILES string of the molecule is NC(=O)[C@@H](CCCN=C(N)N)n1c(-c2cccc(Oc3ccccc3)c2)nc2cc(C(=O)N3CCOCC3)ccc21. The van der Waals surface area contributed by atoms with Gasteiger partial charge in [-0.1, -0.05) is 30.3 Å². The summed E-state index contributed by atoms with van der Waals surface area (Å²) in [6, 6.07) is 21.5. The zero-order valence-corrected chi connectivity index (χ0v) is 22.6. The van der Waals surface area contributed by atoms with E-state index in [1.165, 1.54) is 0 Å². The molecule has 1 aromatic heterocycles. The maximum absolute atomic E-state index is 13.2. The van der Waals surface area contributed by atoms with E-state index in [0.717, 1.165) is 5.56 Å². The highest BCUT2D eigenvalue weighted by atomic mass is 16.5. The molecule has 11 nitrogen and oxygen atoms in total. The first-order chi connectivity index (χ1) is 19.9. The quantitative estimate of drug-likeness (QED) is 0.154. The molecule has 0 bridgehead atoms. The van der Waals surface area contributed by atoms with Gasteiger partial charge in [-0.25, -0.2) is 4.98 Å². The number of ether oxygens (including phenoxy) is 2. The van der Waals surface area contributed by atoms with Gasteiger partial charge in [-0.3, -0.25) is 14.6 Å². The van der Waals surface area contributed by atoms with E-state index in [-0.39, 0.29) is 11.9 Å². The third kappa shape index (κ3) is 6.47. The Bertz CT molecular complexity index is 1560. The summed E-state index contributed by atoms with van der Waals surface area (Å²) in [5.41, 5.74) is 19.4. The van der Waals surface area contributed by atoms with E-state index in [4.69, 9.17) is 31.7 Å². The fraction of sp³-hybridized carbons (Fsp3) is 0.267. The molecular weight excluding hydrogens is 522 g/mol. The van der Waals surface area contributed by atoms with Crippen LogP contribution in [0.2, 0.25) is 0 Å². The molecule has 1 saturated heterocycles. The number of hydrogen-bond donors (Lipinski definition) is 3. The number of benzene rings is 3. The largest absolute Gasteiger partial charge is 0.457 e. The van der Waals surface area contributed by atoms with Gasteiger partial charge in [-0.2, -0.15) is 0 Å². The fourth-order valence-corrected chi connectivity index (χ4v) is 4.91. The first-order valence-corrected chi connectivity index (χ1v) is 13.5. The summed E-state index contributed by atoms with van der Waals surface area (Å²) < 4.78 is 13.3. The highest BCUT2D eigenvalue weighted by molar-refractivity contribution is 5.98. The molecule has 5 rings (SSSR count). The van der Waals surface area contributed by atoms with Crippen molar-refractivity contribution in [3.63, 3.8) is 0 Å². The molecule has 1 aliphatic heterocycles. The number of morpholine rings is 1. The molecule has 2 amide bonds. The van der Waals surface area contributed by atoms with E-state index in [9.17, 15) is 9.59 Å². The lowest BCUT2D eigenvalue weighted by atomic mass is 10.1. The first-order valence-electron chi connectivity index (χ1n) is 13.5. The van der Waals surface area contributed by atoms with Crippen molar-refractivity contribution < 1.29 is 19.1 Å². The Morgan fingerprint density at radius 3 is 2.44 bits per heavy atom. The van der Waals surface area contributed by atoms with Gasteiger partial charge in [0.25, 0.3) is 5.91 Å². The lowest BCUT2D eigenvalue weighted by Crippen LogP contribution is -2.40. The highest BCUT2D eigenvalue weighted by Crippen LogP contribution is 2.33. The van der Waals surface area contributed by atoms with Crippen LogP contribution in [0.4, 0.5) is 0 Å². The Balaban J connectivity index is 1.57. The van der Waals surface area contributed by atoms with Crippen molar-refractivity contribution in [2.24, 2.45) is 22.2 Å². The van der Waals surface area contributed by atoms with Crippen LogP contribution in [0.5, 0.6) is 11.5 Å². The molecule has 41 heavy (non-hydrogen) atoms. The predicted molar refractivity (Wildman–Crippen MR) is 157 cm³/mol. The maximum Gasteiger partial charge on any atom is 0.254 e. The molecule has 0 aliphatic carbocycles. The van der Waals surface area contributed by atoms with Gasteiger partial charge in [-0.15, -0.1) is 0 Å². The number of para-hydroxylation sites is 1. The predicted octanol–water partition coefficient (Wildman–Crippen LogP) is 3.05. The van der Waals surface area contributed by atoms with Crippen molar-refractivity contribution in [1.82, 2.24) is 14.5 Å². The third-order valence-electron chi connectivity index (χ3n) is 6.88. The number of carbonyl (C=O) groups excluding carboxylic acids is 2. The molecule has 0 saturated carbocycles. The minimum Gasteiger partial charge on any atom is -0.457 e. The number of rotatable bonds is 10. The summed E-state index contributed by atoms with van der Waals surface area (Å²) in [4.78, 5) is 36.8. The van der Waals surface area contributed by atoms with Gasteiger partial charge in [0.05, 0.1) is 24.2 Å². The van der Waals surface area contributed by atoms with Crippen molar-refractivity contribution >= 4 is 28.8 Å². The Kier molecular flexibility index (Phi) is 8.44. The minimum atomic E-state index is -0.733. The Morgan fingerprint density at radius 2 is 1.71 bits per heavy atom. The Labute approximate surface area is 237 Å². The molecule has 4 aromatic rings. The smallest absolute Gasteiger partial charge is 0.254 e. The molecule has 3 aromatic carbocycles. The number of nitrogens with zero attached hydrogens (tertiary/aromatic N) is 4. The minimum absolute atomic E-state index is 0.0120. The van der Waals surface area contributed by atoms with Crippen LogP contribution in [0.25, 0.3) is 22.4 Å². The number of amides is 2. The standard InChI is InChI=1S/C30H33N7O4/c31-27(38)26(10-5-13-34-30(32)33)37-25-12-11-21(29(39)36-14-16-40-17-15-36)19-24(25)35-28(37)20-6-4-9-23(18-20)41-22-7-2-1-3-8-22/h1-4,6-9,11-12,18-19,26H,5,10,13-17H2,(H2,31,38)(H4,32,33,34)/t26-/m1/s1. The number of primary amides is 1. The summed E-state index contributed by atoms with van der Waals surface area (Å²) in [5, 5.41) is 0. The van der Waals surface area contributed by atoms with Crippen LogP contribution in [-0.2, 0) is 9.53 Å². The van der Waals surface area contributed by atoms with E-state index in [2.05, 4.69) is 4.99 Å². The van der Waals surface area contributed by atoms with Crippen LogP contribution in [0.1, 0.15) is 29.2 Å². The second-order valence-corrected chi connectivity index (χ2v) is 9.72. The lowest BCUT2D eigenvalue weighted by Gasteiger charge is -2.26. The van der Waals surface area contributed by atoms with Gasteiger partial charge in [0.15, 0.2) is 5.96 Å². The van der Waals surface area contributed by atoms with Crippen molar-refractivity contribution in [3.05, 3.63) is 78.4 Å². The number of hydrogen-bond acceptors (Lipinski definition) is 6. The van der Waals surface area contributed by atoms with E-state index >= 15 is 0 Å². The number of aromatic nitrogens is 2. The van der Waals surface area contributed by atoms with Crippen LogP contribution in [0.3, 0.4) is 0 Å². The number of aliphatic imine (C=N–C) groups is 1. The van der Waals surface area contributed by atoms with Crippen LogP contribution in [-0.4, -0.2) is 65.1 Å². The number of nitrogens with two attached hydrogens (primary N) is 3. The molecule has 2 heterocycles. The van der Waals surface area contributed by atoms with Gasteiger partial charge in [0, 0.05) is 30.8 Å². The summed E-state index contributed by atoms with van der Waals surface area (Å²) >= 11 is 0. The molecule has 0 unspecified atom stereocenters. The van der Waals surface area contributed by atoms with E-state index < -0.39 is 11.9 Å². The third-order valence-corrected chi connectivity index (χ3v) is 6.88. The van der Waals surface area contributed by atoms with Gasteiger partial charge in [0.2, 0.25) is 5.91 Å². The molecule has 6 N–H and O–H groups in total. The summed E-state index contributed by atoms with van der Waals surface area (Å²) in [6.45, 7) is 2.43. The number of guanidine groups is 1. The van der Waals surface area contributed by atoms with Crippen molar-refractivity contribution in [3.8, 4) is 22.9 Å². The fourth-order valence-electron chi connectivity index (χ4n) is 4.91. The average molecular weight is 556 g/mol. The molecule has 1 atom stereocenters. The number of imidazole rings is 1. The number of fused-ring (bicyclic) bond motifs is 1. The topological polar surface area (TPSA) is 164 Å². The van der Waals surface area contributed by atoms with Gasteiger partial charge in [-0.05, 0) is 55.3 Å². The van der Waals surface area contributed by atoms with E-state index in [0.29, 0.717) is 79.6 Å². The second kappa shape index (κ2) is 12.5. The van der Waals surface area contributed by atoms with Gasteiger partial charge >= 0.3 is 0 Å². The summed E-state index contributed by atoms with van der Waals surface area (Å²) in [5.74, 6) is 1.22. The van der Waals surface area contributed by atoms with Crippen LogP contribution >= 0.6 is 0 Å². The van der Waals surface area contributed by atoms with Crippen LogP contribution < -0.4 is 21.9 Å². The van der Waals surface area contributed by atoms with E-state index in [1.54, 1.807) is 17.0 Å².